The van der Waals surface area contributed by atoms with Crippen LogP contribution in [-0.4, -0.2) is 23.6 Å². The van der Waals surface area contributed by atoms with Crippen LogP contribution in [0.15, 0.2) is 22.7 Å². The van der Waals surface area contributed by atoms with Gasteiger partial charge in [-0.15, -0.1) is 0 Å². The van der Waals surface area contributed by atoms with E-state index < -0.39 is 0 Å². The lowest BCUT2D eigenvalue weighted by molar-refractivity contribution is 0.412. The number of halogens is 1. The molecule has 0 amide bonds. The average molecular weight is 352 g/mol. The van der Waals surface area contributed by atoms with E-state index in [-0.39, 0.29) is 0 Å². The number of rotatable bonds is 2. The smallest absolute Gasteiger partial charge is 0.139 e. The van der Waals surface area contributed by atoms with Crippen LogP contribution in [0.25, 0.3) is 11.4 Å². The van der Waals surface area contributed by atoms with Gasteiger partial charge in [-0.3, -0.25) is 0 Å². The van der Waals surface area contributed by atoms with Gasteiger partial charge >= 0.3 is 0 Å². The first-order valence-electron chi connectivity index (χ1n) is 6.35. The molecule has 2 aromatic rings. The summed E-state index contributed by atoms with van der Waals surface area (Å²) in [6.07, 6.45) is 0.950. The maximum atomic E-state index is 5.40. The molecule has 2 N–H and O–H groups in total. The van der Waals surface area contributed by atoms with E-state index in [1.54, 1.807) is 7.11 Å². The molecule has 0 aliphatic carbocycles. The van der Waals surface area contributed by atoms with Crippen molar-refractivity contribution in [3.05, 3.63) is 38.6 Å². The Bertz CT molecular complexity index is 714. The van der Waals surface area contributed by atoms with Crippen LogP contribution in [-0.2, 0) is 13.0 Å². The second kappa shape index (κ2) is 5.63. The first-order chi connectivity index (χ1) is 9.69. The van der Waals surface area contributed by atoms with Crippen LogP contribution in [0, 0.1) is 4.64 Å². The SMILES string of the molecule is COc1ccc(-c2nc(=S)c3c([nH]2)CCNC3)cc1Br. The fraction of sp³-hybridized carbons (Fsp3) is 0.286. The first-order valence-corrected chi connectivity index (χ1v) is 7.56. The van der Waals surface area contributed by atoms with E-state index in [0.29, 0.717) is 4.64 Å². The van der Waals surface area contributed by atoms with Gasteiger partial charge in [0.25, 0.3) is 0 Å². The van der Waals surface area contributed by atoms with Crippen LogP contribution >= 0.6 is 28.1 Å². The Kier molecular flexibility index (Phi) is 3.87. The molecule has 1 aliphatic rings. The number of hydrogen-bond donors (Lipinski definition) is 2. The topological polar surface area (TPSA) is 49.9 Å². The summed E-state index contributed by atoms with van der Waals surface area (Å²) < 4.78 is 6.82. The molecular weight excluding hydrogens is 338 g/mol. The van der Waals surface area contributed by atoms with Gasteiger partial charge in [0, 0.05) is 36.3 Å². The molecule has 0 bridgehead atoms. The fourth-order valence-corrected chi connectivity index (χ4v) is 3.14. The van der Waals surface area contributed by atoms with Crippen molar-refractivity contribution in [3.8, 4) is 17.1 Å². The highest BCUT2D eigenvalue weighted by molar-refractivity contribution is 9.10. The molecule has 0 spiro atoms. The highest BCUT2D eigenvalue weighted by atomic mass is 79.9. The van der Waals surface area contributed by atoms with Gasteiger partial charge in [0.1, 0.15) is 16.2 Å². The Hall–Kier alpha value is -1.24. The predicted octanol–water partition coefficient (Wildman–Crippen LogP) is 3.22. The van der Waals surface area contributed by atoms with Gasteiger partial charge in [0.15, 0.2) is 0 Å². The summed E-state index contributed by atoms with van der Waals surface area (Å²) in [5, 5.41) is 3.31. The molecule has 0 unspecified atom stereocenters. The molecule has 2 heterocycles. The number of H-pyrrole nitrogens is 1. The number of aromatic nitrogens is 2. The molecule has 0 fully saturated rings. The average Bonchev–Trinajstić information content (AvgIpc) is 2.47. The summed E-state index contributed by atoms with van der Waals surface area (Å²) in [6, 6.07) is 5.88. The predicted molar refractivity (Wildman–Crippen MR) is 84.5 cm³/mol. The van der Waals surface area contributed by atoms with E-state index in [2.05, 4.69) is 31.2 Å². The van der Waals surface area contributed by atoms with Crippen LogP contribution in [0.2, 0.25) is 0 Å². The third-order valence-electron chi connectivity index (χ3n) is 3.38. The van der Waals surface area contributed by atoms with Crippen LogP contribution in [0.3, 0.4) is 0 Å². The molecule has 6 heteroatoms. The lowest BCUT2D eigenvalue weighted by Crippen LogP contribution is -2.25. The minimum atomic E-state index is 0.674. The number of ether oxygens (including phenoxy) is 1. The number of hydrogen-bond acceptors (Lipinski definition) is 4. The van der Waals surface area contributed by atoms with Crippen molar-refractivity contribution in [1.29, 1.82) is 0 Å². The van der Waals surface area contributed by atoms with Crippen molar-refractivity contribution >= 4 is 28.1 Å². The van der Waals surface area contributed by atoms with E-state index in [0.717, 1.165) is 46.7 Å². The van der Waals surface area contributed by atoms with E-state index in [1.165, 1.54) is 5.69 Å². The Labute approximate surface area is 130 Å². The molecule has 0 saturated carbocycles. The van der Waals surface area contributed by atoms with E-state index in [1.807, 2.05) is 18.2 Å². The highest BCUT2D eigenvalue weighted by Gasteiger charge is 2.14. The van der Waals surface area contributed by atoms with E-state index in [9.17, 15) is 0 Å². The van der Waals surface area contributed by atoms with Crippen LogP contribution in [0.5, 0.6) is 5.75 Å². The molecular formula is C14H14BrN3OS. The summed E-state index contributed by atoms with van der Waals surface area (Å²) in [5.41, 5.74) is 3.29. The molecule has 4 nitrogen and oxygen atoms in total. The lowest BCUT2D eigenvalue weighted by Gasteiger charge is -2.18. The molecule has 0 atom stereocenters. The van der Waals surface area contributed by atoms with Crippen molar-refractivity contribution in [2.75, 3.05) is 13.7 Å². The zero-order valence-electron chi connectivity index (χ0n) is 11.0. The second-order valence-electron chi connectivity index (χ2n) is 4.62. The Morgan fingerprint density at radius 2 is 2.25 bits per heavy atom. The van der Waals surface area contributed by atoms with Crippen molar-refractivity contribution in [1.82, 2.24) is 15.3 Å². The Balaban J connectivity index is 2.08. The van der Waals surface area contributed by atoms with Crippen molar-refractivity contribution in [2.45, 2.75) is 13.0 Å². The molecule has 1 aromatic carbocycles. The molecule has 0 saturated heterocycles. The monoisotopic (exact) mass is 351 g/mol. The molecule has 1 aliphatic heterocycles. The van der Waals surface area contributed by atoms with E-state index >= 15 is 0 Å². The molecule has 3 rings (SSSR count). The number of methoxy groups -OCH3 is 1. The first kappa shape index (κ1) is 13.7. The number of benzene rings is 1. The summed E-state index contributed by atoms with van der Waals surface area (Å²) >= 11 is 8.90. The number of nitrogens with one attached hydrogen (secondary N) is 2. The van der Waals surface area contributed by atoms with Crippen molar-refractivity contribution in [2.24, 2.45) is 0 Å². The van der Waals surface area contributed by atoms with Gasteiger partial charge in [-0.05, 0) is 34.1 Å². The normalized spacial score (nSPS) is 13.9. The Morgan fingerprint density at radius 1 is 1.40 bits per heavy atom. The minimum absolute atomic E-state index is 0.674. The van der Waals surface area contributed by atoms with Crippen molar-refractivity contribution in [3.63, 3.8) is 0 Å². The van der Waals surface area contributed by atoms with Crippen LogP contribution < -0.4 is 10.1 Å². The maximum Gasteiger partial charge on any atom is 0.139 e. The summed E-state index contributed by atoms with van der Waals surface area (Å²) in [4.78, 5) is 7.92. The van der Waals surface area contributed by atoms with Gasteiger partial charge in [0.2, 0.25) is 0 Å². The zero-order chi connectivity index (χ0) is 14.1. The van der Waals surface area contributed by atoms with Gasteiger partial charge in [-0.25, -0.2) is 4.98 Å². The number of fused-ring (bicyclic) bond motifs is 1. The third kappa shape index (κ3) is 2.51. The lowest BCUT2D eigenvalue weighted by atomic mass is 10.1. The minimum Gasteiger partial charge on any atom is -0.496 e. The van der Waals surface area contributed by atoms with E-state index in [4.69, 9.17) is 17.0 Å². The number of nitrogens with zero attached hydrogens (tertiary/aromatic N) is 1. The van der Waals surface area contributed by atoms with Crippen LogP contribution in [0.4, 0.5) is 0 Å². The van der Waals surface area contributed by atoms with Gasteiger partial charge in [0.05, 0.1) is 11.6 Å². The number of aromatic amines is 1. The quantitative estimate of drug-likeness (QED) is 0.815. The van der Waals surface area contributed by atoms with Gasteiger partial charge in [-0.2, -0.15) is 0 Å². The molecule has 0 radical (unpaired) electrons. The molecule has 20 heavy (non-hydrogen) atoms. The van der Waals surface area contributed by atoms with Crippen LogP contribution in [0.1, 0.15) is 11.3 Å². The fourth-order valence-electron chi connectivity index (χ4n) is 2.32. The van der Waals surface area contributed by atoms with Crippen molar-refractivity contribution < 1.29 is 4.74 Å². The highest BCUT2D eigenvalue weighted by Crippen LogP contribution is 2.29. The largest absolute Gasteiger partial charge is 0.496 e. The summed E-state index contributed by atoms with van der Waals surface area (Å²) in [7, 11) is 1.65. The van der Waals surface area contributed by atoms with Gasteiger partial charge in [-0.1, -0.05) is 12.2 Å². The van der Waals surface area contributed by atoms with Gasteiger partial charge < -0.3 is 15.0 Å². The molecule has 1 aromatic heterocycles. The Morgan fingerprint density at radius 3 is 3.00 bits per heavy atom. The zero-order valence-corrected chi connectivity index (χ0v) is 13.4. The third-order valence-corrected chi connectivity index (χ3v) is 4.34. The standard InChI is InChI=1S/C14H14BrN3OS/c1-19-12-3-2-8(6-10(12)15)13-17-11-4-5-16-7-9(11)14(20)18-13/h2-3,6,16H,4-5,7H2,1H3,(H,17,18,20). The summed E-state index contributed by atoms with van der Waals surface area (Å²) in [5.74, 6) is 1.61. The summed E-state index contributed by atoms with van der Waals surface area (Å²) in [6.45, 7) is 1.76. The maximum absolute atomic E-state index is 5.40. The molecule has 104 valence electrons. The second-order valence-corrected chi connectivity index (χ2v) is 5.86.